The fraction of sp³-hybridized carbons (Fsp3) is 0.182. The second-order valence-electron chi connectivity index (χ2n) is 3.65. The van der Waals surface area contributed by atoms with Crippen molar-refractivity contribution in [3.8, 4) is 0 Å². The maximum atomic E-state index is 12.6. The van der Waals surface area contributed by atoms with Crippen LogP contribution in [-0.4, -0.2) is 20.7 Å². The molecule has 0 unspecified atom stereocenters. The molecule has 2 heterocycles. The number of nitrogens with two attached hydrogens (primary N) is 1. The quantitative estimate of drug-likeness (QED) is 0.892. The Balaban J connectivity index is 2.30. The molecule has 18 heavy (non-hydrogen) atoms. The van der Waals surface area contributed by atoms with Crippen LogP contribution in [0.15, 0.2) is 30.7 Å². The number of amides is 1. The average molecular weight is 252 g/mol. The number of hydrogen-bond donors (Lipinski definition) is 1. The van der Waals surface area contributed by atoms with Crippen molar-refractivity contribution < 1.29 is 13.6 Å². The molecule has 0 spiro atoms. The van der Waals surface area contributed by atoms with E-state index in [0.717, 1.165) is 5.56 Å². The molecule has 94 valence electrons. The highest BCUT2D eigenvalue weighted by molar-refractivity contribution is 5.93. The van der Waals surface area contributed by atoms with Crippen LogP contribution in [0.25, 0.3) is 0 Å². The van der Waals surface area contributed by atoms with Gasteiger partial charge in [0.15, 0.2) is 0 Å². The van der Waals surface area contributed by atoms with Gasteiger partial charge in [0.05, 0.1) is 12.1 Å². The standard InChI is InChI=1S/C11H10F2N4O/c12-10(13)9-8(11(14)18)6-17(16-9)5-7-2-1-3-15-4-7/h1-4,6,10H,5H2,(H2,14,18). The molecule has 2 aromatic rings. The van der Waals surface area contributed by atoms with Crippen LogP contribution in [0.1, 0.15) is 28.0 Å². The maximum Gasteiger partial charge on any atom is 0.282 e. The second-order valence-corrected chi connectivity index (χ2v) is 3.65. The number of halogens is 2. The van der Waals surface area contributed by atoms with Gasteiger partial charge in [-0.05, 0) is 11.6 Å². The normalized spacial score (nSPS) is 10.8. The van der Waals surface area contributed by atoms with Gasteiger partial charge < -0.3 is 5.73 Å². The molecule has 2 N–H and O–H groups in total. The van der Waals surface area contributed by atoms with Crippen molar-refractivity contribution in [3.63, 3.8) is 0 Å². The Morgan fingerprint density at radius 2 is 2.28 bits per heavy atom. The molecule has 2 rings (SSSR count). The predicted molar refractivity (Wildman–Crippen MR) is 59.0 cm³/mol. The Morgan fingerprint density at radius 3 is 2.78 bits per heavy atom. The molecule has 0 bridgehead atoms. The summed E-state index contributed by atoms with van der Waals surface area (Å²) in [4.78, 5) is 14.9. The van der Waals surface area contributed by atoms with Crippen LogP contribution in [0.2, 0.25) is 0 Å². The number of primary amides is 1. The fourth-order valence-electron chi connectivity index (χ4n) is 1.55. The number of rotatable bonds is 4. The van der Waals surface area contributed by atoms with E-state index in [0.29, 0.717) is 0 Å². The van der Waals surface area contributed by atoms with Gasteiger partial charge in [-0.15, -0.1) is 0 Å². The van der Waals surface area contributed by atoms with E-state index in [4.69, 9.17) is 5.73 Å². The van der Waals surface area contributed by atoms with Gasteiger partial charge in [-0.3, -0.25) is 14.5 Å². The molecule has 0 fully saturated rings. The minimum atomic E-state index is -2.83. The third-order valence-electron chi connectivity index (χ3n) is 2.33. The Kier molecular flexibility index (Phi) is 3.31. The molecule has 1 amide bonds. The van der Waals surface area contributed by atoms with Crippen LogP contribution >= 0.6 is 0 Å². The van der Waals surface area contributed by atoms with Crippen LogP contribution < -0.4 is 5.73 Å². The van der Waals surface area contributed by atoms with Crippen molar-refractivity contribution >= 4 is 5.91 Å². The van der Waals surface area contributed by atoms with E-state index in [1.807, 2.05) is 0 Å². The number of aromatic nitrogens is 3. The molecular weight excluding hydrogens is 242 g/mol. The van der Waals surface area contributed by atoms with Gasteiger partial charge >= 0.3 is 0 Å². The zero-order chi connectivity index (χ0) is 13.1. The summed E-state index contributed by atoms with van der Waals surface area (Å²) in [6.07, 6.45) is 1.58. The molecule has 0 aliphatic rings. The summed E-state index contributed by atoms with van der Waals surface area (Å²) in [6.45, 7) is 0.251. The predicted octanol–water partition coefficient (Wildman–Crippen LogP) is 1.36. The number of hydrogen-bond acceptors (Lipinski definition) is 3. The van der Waals surface area contributed by atoms with Gasteiger partial charge in [0, 0.05) is 18.6 Å². The molecule has 7 heteroatoms. The highest BCUT2D eigenvalue weighted by Crippen LogP contribution is 2.21. The molecule has 0 atom stereocenters. The van der Waals surface area contributed by atoms with Crippen LogP contribution in [-0.2, 0) is 6.54 Å². The van der Waals surface area contributed by atoms with Crippen molar-refractivity contribution in [2.24, 2.45) is 5.73 Å². The highest BCUT2D eigenvalue weighted by atomic mass is 19.3. The van der Waals surface area contributed by atoms with Crippen molar-refractivity contribution in [1.82, 2.24) is 14.8 Å². The van der Waals surface area contributed by atoms with E-state index in [9.17, 15) is 13.6 Å². The minimum absolute atomic E-state index is 0.251. The summed E-state index contributed by atoms with van der Waals surface area (Å²) in [7, 11) is 0. The highest BCUT2D eigenvalue weighted by Gasteiger charge is 2.21. The van der Waals surface area contributed by atoms with E-state index in [1.165, 1.54) is 10.9 Å². The zero-order valence-electron chi connectivity index (χ0n) is 9.25. The van der Waals surface area contributed by atoms with E-state index >= 15 is 0 Å². The third kappa shape index (κ3) is 2.50. The Hall–Kier alpha value is -2.31. The lowest BCUT2D eigenvalue weighted by molar-refractivity contribution is 0.0985. The molecule has 0 saturated heterocycles. The first kappa shape index (κ1) is 12.2. The Labute approximate surface area is 101 Å². The number of pyridine rings is 1. The van der Waals surface area contributed by atoms with E-state index in [-0.39, 0.29) is 12.1 Å². The summed E-state index contributed by atoms with van der Waals surface area (Å²) >= 11 is 0. The smallest absolute Gasteiger partial charge is 0.282 e. The summed E-state index contributed by atoms with van der Waals surface area (Å²) in [5.41, 5.74) is 4.96. The monoisotopic (exact) mass is 252 g/mol. The van der Waals surface area contributed by atoms with Crippen molar-refractivity contribution in [2.45, 2.75) is 13.0 Å². The van der Waals surface area contributed by atoms with Gasteiger partial charge in [0.25, 0.3) is 12.3 Å². The van der Waals surface area contributed by atoms with Crippen molar-refractivity contribution in [3.05, 3.63) is 47.5 Å². The molecule has 2 aromatic heterocycles. The molecule has 0 saturated carbocycles. The summed E-state index contributed by atoms with van der Waals surface area (Å²) in [5.74, 6) is -0.914. The molecule has 0 aliphatic carbocycles. The van der Waals surface area contributed by atoms with Gasteiger partial charge in [0.1, 0.15) is 5.69 Å². The van der Waals surface area contributed by atoms with Crippen molar-refractivity contribution in [1.29, 1.82) is 0 Å². The summed E-state index contributed by atoms with van der Waals surface area (Å²) in [5, 5.41) is 3.66. The summed E-state index contributed by atoms with van der Waals surface area (Å²) in [6, 6.07) is 3.50. The summed E-state index contributed by atoms with van der Waals surface area (Å²) < 4.78 is 26.5. The first-order chi connectivity index (χ1) is 8.58. The van der Waals surface area contributed by atoms with Crippen LogP contribution in [0.5, 0.6) is 0 Å². The maximum absolute atomic E-state index is 12.6. The van der Waals surface area contributed by atoms with E-state index < -0.39 is 18.0 Å². The lowest BCUT2D eigenvalue weighted by atomic mass is 10.2. The number of carbonyl (C=O) groups is 1. The van der Waals surface area contributed by atoms with Gasteiger partial charge in [-0.1, -0.05) is 6.07 Å². The lowest BCUT2D eigenvalue weighted by Gasteiger charge is -2.00. The Bertz CT molecular complexity index is 553. The second kappa shape index (κ2) is 4.91. The lowest BCUT2D eigenvalue weighted by Crippen LogP contribution is -2.12. The first-order valence-electron chi connectivity index (χ1n) is 5.12. The molecule has 0 aromatic carbocycles. The van der Waals surface area contributed by atoms with Crippen LogP contribution in [0.4, 0.5) is 8.78 Å². The largest absolute Gasteiger partial charge is 0.365 e. The Morgan fingerprint density at radius 1 is 1.50 bits per heavy atom. The van der Waals surface area contributed by atoms with Gasteiger partial charge in [-0.2, -0.15) is 5.10 Å². The topological polar surface area (TPSA) is 73.8 Å². The van der Waals surface area contributed by atoms with Gasteiger partial charge in [0.2, 0.25) is 0 Å². The number of carbonyl (C=O) groups excluding carboxylic acids is 1. The zero-order valence-corrected chi connectivity index (χ0v) is 9.25. The fourth-order valence-corrected chi connectivity index (χ4v) is 1.55. The molecule has 0 radical (unpaired) electrons. The van der Waals surface area contributed by atoms with E-state index in [1.54, 1.807) is 24.5 Å². The van der Waals surface area contributed by atoms with Crippen molar-refractivity contribution in [2.75, 3.05) is 0 Å². The number of nitrogens with zero attached hydrogens (tertiary/aromatic N) is 3. The third-order valence-corrected chi connectivity index (χ3v) is 2.33. The molecular formula is C11H10F2N4O. The molecule has 0 aliphatic heterocycles. The average Bonchev–Trinajstić information content (AvgIpc) is 2.74. The SMILES string of the molecule is NC(=O)c1cn(Cc2cccnc2)nc1C(F)F. The minimum Gasteiger partial charge on any atom is -0.365 e. The van der Waals surface area contributed by atoms with Crippen LogP contribution in [0, 0.1) is 0 Å². The number of alkyl halides is 2. The van der Waals surface area contributed by atoms with E-state index in [2.05, 4.69) is 10.1 Å². The first-order valence-corrected chi connectivity index (χ1v) is 5.12. The molecule has 5 nitrogen and oxygen atoms in total. The van der Waals surface area contributed by atoms with Crippen LogP contribution in [0.3, 0.4) is 0 Å². The van der Waals surface area contributed by atoms with Gasteiger partial charge in [-0.25, -0.2) is 8.78 Å².